The van der Waals surface area contributed by atoms with Gasteiger partial charge in [0.15, 0.2) is 25.5 Å². The van der Waals surface area contributed by atoms with Crippen LogP contribution in [0.2, 0.25) is 18.1 Å². The number of hydrogen-bond acceptors (Lipinski definition) is 6. The molecule has 0 bridgehead atoms. The van der Waals surface area contributed by atoms with E-state index in [0.717, 1.165) is 19.1 Å². The Morgan fingerprint density at radius 1 is 1.16 bits per heavy atom. The Hall–Kier alpha value is -2.61. The molecule has 0 saturated carbocycles. The molecule has 2 aromatic rings. The lowest BCUT2D eigenvalue weighted by Crippen LogP contribution is -2.47. The second-order valence-corrected chi connectivity index (χ2v) is 17.5. The number of halogens is 5. The molecular weight excluding hydrogens is 591 g/mol. The highest BCUT2D eigenvalue weighted by atomic mass is 28.4. The second kappa shape index (κ2) is 12.8. The van der Waals surface area contributed by atoms with Crippen molar-refractivity contribution in [2.45, 2.75) is 96.2 Å². The van der Waals surface area contributed by atoms with Crippen LogP contribution >= 0.6 is 0 Å². The monoisotopic (exact) mass is 632 g/mol. The van der Waals surface area contributed by atoms with Crippen molar-refractivity contribution in [3.8, 4) is 5.75 Å². The molecule has 0 spiro atoms. The van der Waals surface area contributed by atoms with Crippen LogP contribution in [0.1, 0.15) is 58.7 Å². The Morgan fingerprint density at radius 3 is 2.35 bits per heavy atom. The fourth-order valence-electron chi connectivity index (χ4n) is 4.52. The Labute approximate surface area is 250 Å². The molecule has 13 heteroatoms. The van der Waals surface area contributed by atoms with Gasteiger partial charge in [0.25, 0.3) is 5.91 Å². The third-order valence-electron chi connectivity index (χ3n) is 8.71. The molecule has 1 aliphatic heterocycles. The first-order chi connectivity index (χ1) is 19.7. The van der Waals surface area contributed by atoms with Crippen LogP contribution in [0, 0.1) is 17.6 Å². The number of alkyl halides is 3. The molecule has 7 nitrogen and oxygen atoms in total. The molecule has 0 aliphatic carbocycles. The number of methoxy groups -OCH3 is 1. The van der Waals surface area contributed by atoms with Crippen molar-refractivity contribution in [2.24, 2.45) is 5.92 Å². The van der Waals surface area contributed by atoms with Crippen LogP contribution in [0.25, 0.3) is 0 Å². The number of anilines is 1. The van der Waals surface area contributed by atoms with Gasteiger partial charge in [-0.3, -0.25) is 9.78 Å². The average Bonchev–Trinajstić information content (AvgIpc) is 3.19. The van der Waals surface area contributed by atoms with Gasteiger partial charge in [0.2, 0.25) is 5.82 Å². The van der Waals surface area contributed by atoms with Crippen LogP contribution < -0.4 is 10.1 Å². The van der Waals surface area contributed by atoms with E-state index < -0.39 is 67.4 Å². The molecule has 240 valence electrons. The van der Waals surface area contributed by atoms with Crippen molar-refractivity contribution in [3.05, 3.63) is 53.4 Å². The van der Waals surface area contributed by atoms with Crippen molar-refractivity contribution < 1.29 is 45.4 Å². The number of ether oxygens (including phenoxy) is 3. The Bertz CT molecular complexity index is 1290. The molecule has 1 saturated heterocycles. The number of nitrogens with one attached hydrogen (secondary N) is 1. The van der Waals surface area contributed by atoms with E-state index in [1.54, 1.807) is 19.1 Å². The Kier molecular flexibility index (Phi) is 10.4. The summed E-state index contributed by atoms with van der Waals surface area (Å²) in [5, 5.41) is 2.57. The molecule has 2 heterocycles. The van der Waals surface area contributed by atoms with E-state index >= 15 is 4.39 Å². The first-order valence-corrected chi connectivity index (χ1v) is 16.9. The summed E-state index contributed by atoms with van der Waals surface area (Å²) in [7, 11) is -0.643. The Morgan fingerprint density at radius 2 is 1.81 bits per heavy atom. The molecule has 1 aliphatic rings. The highest BCUT2D eigenvalue weighted by Crippen LogP contribution is 2.55. The fourth-order valence-corrected chi connectivity index (χ4v) is 5.46. The highest BCUT2D eigenvalue weighted by molar-refractivity contribution is 6.74. The van der Waals surface area contributed by atoms with Gasteiger partial charge >= 0.3 is 6.18 Å². The van der Waals surface area contributed by atoms with Crippen LogP contribution in [0.5, 0.6) is 5.75 Å². The zero-order valence-electron chi connectivity index (χ0n) is 26.0. The smallest absolute Gasteiger partial charge is 0.417 e. The zero-order valence-corrected chi connectivity index (χ0v) is 27.0. The first-order valence-electron chi connectivity index (χ1n) is 14.0. The second-order valence-electron chi connectivity index (χ2n) is 12.7. The summed E-state index contributed by atoms with van der Waals surface area (Å²) in [6.07, 6.45) is -5.76. The van der Waals surface area contributed by atoms with Gasteiger partial charge in [-0.05, 0) is 50.2 Å². The lowest BCUT2D eigenvalue weighted by Gasteiger charge is -2.36. The molecule has 1 aromatic heterocycles. The third-order valence-corrected chi connectivity index (χ3v) is 13.2. The van der Waals surface area contributed by atoms with E-state index in [1.807, 2.05) is 0 Å². The maximum atomic E-state index is 15.0. The molecular formula is C30H41F5N2O5Si. The van der Waals surface area contributed by atoms with Gasteiger partial charge in [0.1, 0.15) is 12.7 Å². The standard InChI is InChI=1S/C30H41F5N2O5Si/c1-17(39-7)15-40-25-21(12-13-22(31)24(25)32)23-18(2)29(6,30(33,34)35)42-26(23)27(38)37-19-10-11-20(36-14-19)16-41-43(8,9)28(3,4)5/h10-14,17-18,23,26H,15-16H2,1-9H3,(H,37,38)/t17-,18?,23?,26?,29?/m0/s1. The summed E-state index contributed by atoms with van der Waals surface area (Å²) >= 11 is 0. The van der Waals surface area contributed by atoms with E-state index in [4.69, 9.17) is 18.6 Å². The summed E-state index contributed by atoms with van der Waals surface area (Å²) in [4.78, 5) is 17.8. The largest absolute Gasteiger partial charge is 0.487 e. The number of pyridine rings is 1. The van der Waals surface area contributed by atoms with E-state index in [1.165, 1.54) is 20.2 Å². The van der Waals surface area contributed by atoms with Crippen LogP contribution in [-0.2, 0) is 25.3 Å². The number of hydrogen-bond donors (Lipinski definition) is 1. The van der Waals surface area contributed by atoms with Crippen LogP contribution in [0.3, 0.4) is 0 Å². The quantitative estimate of drug-likeness (QED) is 0.218. The number of carbonyl (C=O) groups excluding carboxylic acids is 1. The fraction of sp³-hybridized carbons (Fsp3) is 0.600. The molecule has 1 aromatic carbocycles. The highest BCUT2D eigenvalue weighted by Gasteiger charge is 2.66. The summed E-state index contributed by atoms with van der Waals surface area (Å²) in [6, 6.07) is 5.12. The number of amides is 1. The van der Waals surface area contributed by atoms with E-state index in [0.29, 0.717) is 5.69 Å². The topological polar surface area (TPSA) is 78.9 Å². The van der Waals surface area contributed by atoms with Gasteiger partial charge in [0.05, 0.1) is 30.3 Å². The summed E-state index contributed by atoms with van der Waals surface area (Å²) in [5.41, 5.74) is -2.07. The van der Waals surface area contributed by atoms with E-state index in [2.05, 4.69) is 44.2 Å². The number of nitrogens with zero attached hydrogens (tertiary/aromatic N) is 1. The molecule has 0 radical (unpaired) electrons. The van der Waals surface area contributed by atoms with Crippen molar-refractivity contribution in [1.29, 1.82) is 0 Å². The maximum Gasteiger partial charge on any atom is 0.417 e. The van der Waals surface area contributed by atoms with Crippen LogP contribution in [-0.4, -0.2) is 56.9 Å². The molecule has 1 amide bonds. The van der Waals surface area contributed by atoms with Gasteiger partial charge in [-0.1, -0.05) is 33.8 Å². The van der Waals surface area contributed by atoms with Gasteiger partial charge < -0.3 is 24.0 Å². The first kappa shape index (κ1) is 34.9. The minimum Gasteiger partial charge on any atom is -0.487 e. The normalized spacial score (nSPS) is 23.7. The lowest BCUT2D eigenvalue weighted by atomic mass is 9.77. The molecule has 1 fully saturated rings. The van der Waals surface area contributed by atoms with Crippen LogP contribution in [0.4, 0.5) is 27.6 Å². The minimum absolute atomic E-state index is 0.00115. The van der Waals surface area contributed by atoms with Crippen LogP contribution in [0.15, 0.2) is 30.5 Å². The molecule has 3 rings (SSSR count). The summed E-state index contributed by atoms with van der Waals surface area (Å²) in [5.74, 6) is -6.87. The predicted octanol–water partition coefficient (Wildman–Crippen LogP) is 7.37. The Balaban J connectivity index is 1.92. The maximum absolute atomic E-state index is 15.0. The van der Waals surface area contributed by atoms with Gasteiger partial charge in [0, 0.05) is 24.5 Å². The number of carbonyl (C=O) groups is 1. The molecule has 4 unspecified atom stereocenters. The van der Waals surface area contributed by atoms with Gasteiger partial charge in [-0.2, -0.15) is 17.6 Å². The average molecular weight is 633 g/mol. The number of rotatable bonds is 10. The minimum atomic E-state index is -4.88. The number of aromatic nitrogens is 1. The molecule has 5 atom stereocenters. The van der Waals surface area contributed by atoms with E-state index in [9.17, 15) is 22.4 Å². The van der Waals surface area contributed by atoms with Gasteiger partial charge in [-0.25, -0.2) is 4.39 Å². The molecule has 1 N–H and O–H groups in total. The lowest BCUT2D eigenvalue weighted by molar-refractivity contribution is -0.272. The van der Waals surface area contributed by atoms with Crippen molar-refractivity contribution in [2.75, 3.05) is 19.0 Å². The third kappa shape index (κ3) is 7.38. The SMILES string of the molecule is CO[C@@H](C)COc1c(C2C(C(=O)Nc3ccc(CO[Si](C)(C)C(C)(C)C)nc3)OC(C)(C(F)(F)F)C2C)ccc(F)c1F. The molecule has 43 heavy (non-hydrogen) atoms. The summed E-state index contributed by atoms with van der Waals surface area (Å²) in [6.45, 7) is 14.3. The van der Waals surface area contributed by atoms with E-state index in [-0.39, 0.29) is 29.5 Å². The predicted molar refractivity (Wildman–Crippen MR) is 154 cm³/mol. The van der Waals surface area contributed by atoms with Gasteiger partial charge in [-0.15, -0.1) is 0 Å². The van der Waals surface area contributed by atoms with Crippen molar-refractivity contribution in [1.82, 2.24) is 4.98 Å². The number of benzene rings is 1. The van der Waals surface area contributed by atoms with Crippen molar-refractivity contribution >= 4 is 19.9 Å². The van der Waals surface area contributed by atoms with Crippen molar-refractivity contribution in [3.63, 3.8) is 0 Å². The summed E-state index contributed by atoms with van der Waals surface area (Å²) < 4.78 is 94.4. The zero-order chi connectivity index (χ0) is 32.5.